The Morgan fingerprint density at radius 2 is 2.00 bits per heavy atom. The van der Waals surface area contributed by atoms with Crippen molar-refractivity contribution in [1.29, 1.82) is 0 Å². The van der Waals surface area contributed by atoms with Gasteiger partial charge in [0, 0.05) is 17.8 Å². The summed E-state index contributed by atoms with van der Waals surface area (Å²) in [5.41, 5.74) is 2.04. The monoisotopic (exact) mass is 423 g/mol. The van der Waals surface area contributed by atoms with E-state index in [-0.39, 0.29) is 11.8 Å². The number of hydrogen-bond acceptors (Lipinski definition) is 4. The first-order valence-corrected chi connectivity index (χ1v) is 10.0. The van der Waals surface area contributed by atoms with Crippen LogP contribution >= 0.6 is 23.2 Å². The fourth-order valence-electron chi connectivity index (χ4n) is 3.75. The van der Waals surface area contributed by atoms with E-state index < -0.39 is 12.0 Å². The number of aryl methyl sites for hydroxylation is 2. The fourth-order valence-corrected chi connectivity index (χ4v) is 4.05. The number of rotatable bonds is 4. The van der Waals surface area contributed by atoms with Crippen molar-refractivity contribution in [3.8, 4) is 0 Å². The van der Waals surface area contributed by atoms with Crippen molar-refractivity contribution < 1.29 is 14.1 Å². The quantitative estimate of drug-likeness (QED) is 0.771. The van der Waals surface area contributed by atoms with Crippen LogP contribution in [-0.2, 0) is 9.59 Å². The highest BCUT2D eigenvalue weighted by Gasteiger charge is 2.36. The van der Waals surface area contributed by atoms with E-state index in [1.807, 2.05) is 13.8 Å². The van der Waals surface area contributed by atoms with Gasteiger partial charge in [-0.15, -0.1) is 0 Å². The van der Waals surface area contributed by atoms with Crippen LogP contribution in [0.2, 0.25) is 10.0 Å². The van der Waals surface area contributed by atoms with Crippen molar-refractivity contribution in [3.63, 3.8) is 0 Å². The summed E-state index contributed by atoms with van der Waals surface area (Å²) >= 11 is 12.0. The summed E-state index contributed by atoms with van der Waals surface area (Å²) in [4.78, 5) is 27.8. The largest absolute Gasteiger partial charge is 0.361 e. The molecule has 2 unspecified atom stereocenters. The molecule has 2 heterocycles. The molecule has 0 saturated carbocycles. The molecule has 2 amide bonds. The van der Waals surface area contributed by atoms with Crippen LogP contribution in [0.1, 0.15) is 49.1 Å². The van der Waals surface area contributed by atoms with Gasteiger partial charge in [-0.3, -0.25) is 9.59 Å². The second-order valence-corrected chi connectivity index (χ2v) is 7.94. The molecule has 1 saturated heterocycles. The van der Waals surface area contributed by atoms with Gasteiger partial charge in [0.05, 0.1) is 21.7 Å². The maximum Gasteiger partial charge on any atom is 0.247 e. The van der Waals surface area contributed by atoms with Gasteiger partial charge in [-0.05, 0) is 58.2 Å². The number of amides is 2. The molecule has 2 aromatic rings. The molecule has 0 aliphatic carbocycles. The first kappa shape index (κ1) is 20.7. The van der Waals surface area contributed by atoms with Gasteiger partial charge in [-0.25, -0.2) is 0 Å². The van der Waals surface area contributed by atoms with Crippen LogP contribution in [0.25, 0.3) is 0 Å². The highest BCUT2D eigenvalue weighted by molar-refractivity contribution is 6.42. The summed E-state index contributed by atoms with van der Waals surface area (Å²) in [6.07, 6.45) is 2.38. The molecule has 2 atom stereocenters. The van der Waals surface area contributed by atoms with Gasteiger partial charge in [0.15, 0.2) is 0 Å². The zero-order chi connectivity index (χ0) is 20.4. The molecular formula is C20H23Cl2N3O3. The summed E-state index contributed by atoms with van der Waals surface area (Å²) in [5, 5.41) is 7.58. The third-order valence-electron chi connectivity index (χ3n) is 5.17. The Hall–Kier alpha value is -2.05. The number of piperidine rings is 1. The van der Waals surface area contributed by atoms with E-state index in [1.54, 1.807) is 30.0 Å². The number of likely N-dealkylation sites (tertiary alicyclic amines) is 1. The third kappa shape index (κ3) is 4.18. The van der Waals surface area contributed by atoms with Crippen LogP contribution in [0, 0.1) is 13.8 Å². The lowest BCUT2D eigenvalue weighted by Crippen LogP contribution is -2.51. The Labute approximate surface area is 174 Å². The highest BCUT2D eigenvalue weighted by Crippen LogP contribution is 2.29. The van der Waals surface area contributed by atoms with E-state index in [1.165, 1.54) is 0 Å². The van der Waals surface area contributed by atoms with Crippen LogP contribution in [0.4, 0.5) is 5.69 Å². The maximum atomic E-state index is 13.2. The highest BCUT2D eigenvalue weighted by atomic mass is 35.5. The third-order valence-corrected chi connectivity index (χ3v) is 5.91. The summed E-state index contributed by atoms with van der Waals surface area (Å²) in [7, 11) is 0. The number of carbonyl (C=O) groups excluding carboxylic acids is 2. The van der Waals surface area contributed by atoms with Crippen molar-refractivity contribution >= 4 is 40.7 Å². The lowest BCUT2D eigenvalue weighted by Gasteiger charge is -2.36. The Balaban J connectivity index is 1.78. The van der Waals surface area contributed by atoms with E-state index in [4.69, 9.17) is 27.7 Å². The van der Waals surface area contributed by atoms with Gasteiger partial charge < -0.3 is 14.7 Å². The average molecular weight is 424 g/mol. The molecular weight excluding hydrogens is 401 g/mol. The fraction of sp³-hybridized carbons (Fsp3) is 0.450. The minimum Gasteiger partial charge on any atom is -0.361 e. The van der Waals surface area contributed by atoms with Gasteiger partial charge in [-0.1, -0.05) is 28.4 Å². The zero-order valence-corrected chi connectivity index (χ0v) is 17.6. The van der Waals surface area contributed by atoms with Crippen LogP contribution in [0.3, 0.4) is 0 Å². The number of carbonyl (C=O) groups is 2. The van der Waals surface area contributed by atoms with E-state index in [2.05, 4.69) is 10.5 Å². The minimum atomic E-state index is -0.529. The SMILES string of the molecule is Cc1noc(C)c1C(C)C(=O)N1CCCCC1C(=O)Nc1ccc(Cl)c(Cl)c1. The molecule has 6 nitrogen and oxygen atoms in total. The number of aromatic nitrogens is 1. The number of nitrogens with one attached hydrogen (secondary N) is 1. The number of anilines is 1. The lowest BCUT2D eigenvalue weighted by atomic mass is 9.94. The minimum absolute atomic E-state index is 0.0941. The van der Waals surface area contributed by atoms with Gasteiger partial charge in [-0.2, -0.15) is 0 Å². The molecule has 0 radical (unpaired) electrons. The average Bonchev–Trinajstić information content (AvgIpc) is 3.01. The molecule has 3 rings (SSSR count). The van der Waals surface area contributed by atoms with E-state index in [0.29, 0.717) is 40.2 Å². The van der Waals surface area contributed by atoms with Crippen molar-refractivity contribution in [3.05, 3.63) is 45.3 Å². The Kier molecular flexibility index (Phi) is 6.30. The van der Waals surface area contributed by atoms with E-state index in [9.17, 15) is 9.59 Å². The van der Waals surface area contributed by atoms with Crippen LogP contribution in [-0.4, -0.2) is 34.5 Å². The number of halogens is 2. The number of benzene rings is 1. The van der Waals surface area contributed by atoms with E-state index in [0.717, 1.165) is 18.4 Å². The molecule has 28 heavy (non-hydrogen) atoms. The van der Waals surface area contributed by atoms with Gasteiger partial charge in [0.25, 0.3) is 0 Å². The van der Waals surface area contributed by atoms with Gasteiger partial charge in [0.1, 0.15) is 11.8 Å². The smallest absolute Gasteiger partial charge is 0.247 e. The number of hydrogen-bond donors (Lipinski definition) is 1. The zero-order valence-electron chi connectivity index (χ0n) is 16.1. The molecule has 0 bridgehead atoms. The molecule has 150 valence electrons. The number of nitrogens with zero attached hydrogens (tertiary/aromatic N) is 2. The summed E-state index contributed by atoms with van der Waals surface area (Å²) in [6.45, 7) is 5.99. The summed E-state index contributed by atoms with van der Waals surface area (Å²) < 4.78 is 5.20. The predicted molar refractivity (Wildman–Crippen MR) is 109 cm³/mol. The standard InChI is InChI=1S/C20H23Cl2N3O3/c1-11(18-12(2)24-28-13(18)3)20(27)25-9-5-4-6-17(25)19(26)23-14-7-8-15(21)16(22)10-14/h7-8,10-11,17H,4-6,9H2,1-3H3,(H,23,26). The van der Waals surface area contributed by atoms with E-state index >= 15 is 0 Å². The van der Waals surface area contributed by atoms with Gasteiger partial charge in [0.2, 0.25) is 11.8 Å². The predicted octanol–water partition coefficient (Wildman–Crippen LogP) is 4.72. The second-order valence-electron chi connectivity index (χ2n) is 7.12. The Bertz CT molecular complexity index is 877. The summed E-state index contributed by atoms with van der Waals surface area (Å²) in [5.74, 6) is -0.113. The normalized spacial score (nSPS) is 18.0. The molecule has 1 aliphatic rings. The Morgan fingerprint density at radius 1 is 1.25 bits per heavy atom. The first-order chi connectivity index (χ1) is 13.3. The van der Waals surface area contributed by atoms with Crippen LogP contribution in [0.15, 0.2) is 22.7 Å². The Morgan fingerprint density at radius 3 is 2.64 bits per heavy atom. The molecule has 0 spiro atoms. The molecule has 8 heteroatoms. The topological polar surface area (TPSA) is 75.4 Å². The van der Waals surface area contributed by atoms with Crippen molar-refractivity contribution in [2.24, 2.45) is 0 Å². The first-order valence-electron chi connectivity index (χ1n) is 9.28. The lowest BCUT2D eigenvalue weighted by molar-refractivity contribution is -0.141. The summed E-state index contributed by atoms with van der Waals surface area (Å²) in [6, 6.07) is 4.39. The van der Waals surface area contributed by atoms with Crippen LogP contribution in [0.5, 0.6) is 0 Å². The van der Waals surface area contributed by atoms with Crippen molar-refractivity contribution in [2.75, 3.05) is 11.9 Å². The van der Waals surface area contributed by atoms with Gasteiger partial charge >= 0.3 is 0 Å². The molecule has 1 aliphatic heterocycles. The maximum absolute atomic E-state index is 13.2. The molecule has 1 fully saturated rings. The van der Waals surface area contributed by atoms with Crippen molar-refractivity contribution in [1.82, 2.24) is 10.1 Å². The van der Waals surface area contributed by atoms with Crippen LogP contribution < -0.4 is 5.32 Å². The molecule has 1 aromatic heterocycles. The molecule has 1 aromatic carbocycles. The second kappa shape index (κ2) is 8.53. The van der Waals surface area contributed by atoms with Crippen molar-refractivity contribution in [2.45, 2.75) is 52.0 Å². The molecule has 1 N–H and O–H groups in total.